The molecule has 5 nitrogen and oxygen atoms in total. The van der Waals surface area contributed by atoms with E-state index in [-0.39, 0.29) is 0 Å². The molecule has 0 unspecified atom stereocenters. The van der Waals surface area contributed by atoms with Crippen molar-refractivity contribution in [3.63, 3.8) is 0 Å². The van der Waals surface area contributed by atoms with E-state index < -0.39 is 10.0 Å². The van der Waals surface area contributed by atoms with Gasteiger partial charge in [-0.3, -0.25) is 0 Å². The minimum absolute atomic E-state index is 0.421. The van der Waals surface area contributed by atoms with Crippen LogP contribution in [-0.2, 0) is 10.0 Å². The lowest BCUT2D eigenvalue weighted by Crippen LogP contribution is -2.45. The highest BCUT2D eigenvalue weighted by molar-refractivity contribution is 7.91. The topological polar surface area (TPSA) is 62.3 Å². The molecule has 7 heteroatoms. The number of piperidine rings is 1. The molecular weight excluding hydrogens is 306 g/mol. The van der Waals surface area contributed by atoms with Gasteiger partial charge < -0.3 is 5.32 Å². The molecule has 0 amide bonds. The Morgan fingerprint density at radius 2 is 1.90 bits per heavy atom. The first-order valence-electron chi connectivity index (χ1n) is 7.64. The molecule has 21 heavy (non-hydrogen) atoms. The maximum absolute atomic E-state index is 12.7. The molecule has 0 spiro atoms. The number of hydrogen-bond acceptors (Lipinski definition) is 5. The second kappa shape index (κ2) is 5.95. The Balaban J connectivity index is 1.61. The summed E-state index contributed by atoms with van der Waals surface area (Å²) in [7, 11) is -3.35. The van der Waals surface area contributed by atoms with Crippen molar-refractivity contribution in [1.82, 2.24) is 14.6 Å². The van der Waals surface area contributed by atoms with Crippen molar-refractivity contribution in [3.8, 4) is 0 Å². The van der Waals surface area contributed by atoms with Crippen LogP contribution in [0.2, 0.25) is 0 Å². The summed E-state index contributed by atoms with van der Waals surface area (Å²) in [5, 5.41) is 4.39. The minimum Gasteiger partial charge on any atom is -0.314 e. The predicted octanol–water partition coefficient (Wildman–Crippen LogP) is 1.91. The van der Waals surface area contributed by atoms with E-state index in [1.165, 1.54) is 24.2 Å². The van der Waals surface area contributed by atoms with E-state index in [4.69, 9.17) is 0 Å². The molecule has 3 rings (SSSR count). The smallest absolute Gasteiger partial charge is 0.254 e. The Morgan fingerprint density at radius 1 is 1.24 bits per heavy atom. The monoisotopic (exact) mass is 329 g/mol. The van der Waals surface area contributed by atoms with Crippen molar-refractivity contribution < 1.29 is 8.42 Å². The lowest BCUT2D eigenvalue weighted by Gasteiger charge is -2.31. The second-order valence-corrected chi connectivity index (χ2v) is 9.47. The van der Waals surface area contributed by atoms with Gasteiger partial charge in [0.25, 0.3) is 10.0 Å². The van der Waals surface area contributed by atoms with Gasteiger partial charge in [0.15, 0.2) is 4.21 Å². The number of rotatable bonds is 5. The lowest BCUT2D eigenvalue weighted by atomic mass is 10.1. The largest absolute Gasteiger partial charge is 0.314 e. The molecule has 1 aliphatic heterocycles. The van der Waals surface area contributed by atoms with E-state index in [0.717, 1.165) is 30.3 Å². The Labute approximate surface area is 130 Å². The number of hydrogen-bond donors (Lipinski definition) is 1. The Hall–Kier alpha value is -0.500. The molecule has 1 saturated carbocycles. The number of thiazole rings is 1. The van der Waals surface area contributed by atoms with Crippen LogP contribution in [0.15, 0.2) is 4.21 Å². The van der Waals surface area contributed by atoms with Crippen LogP contribution in [-0.4, -0.2) is 43.4 Å². The summed E-state index contributed by atoms with van der Waals surface area (Å²) in [5.74, 6) is 0.870. The first kappa shape index (κ1) is 15.4. The zero-order valence-electron chi connectivity index (χ0n) is 12.6. The molecule has 2 heterocycles. The average molecular weight is 329 g/mol. The van der Waals surface area contributed by atoms with Gasteiger partial charge in [0.2, 0.25) is 0 Å². The number of sulfonamides is 1. The SMILES string of the molecule is Cc1nc(C)c(S(=O)(=O)N2CCC(NCC3CC3)CC2)s1. The summed E-state index contributed by atoms with van der Waals surface area (Å²) in [5.41, 5.74) is 0.631. The Kier molecular flexibility index (Phi) is 4.36. The van der Waals surface area contributed by atoms with E-state index in [1.807, 2.05) is 6.92 Å². The van der Waals surface area contributed by atoms with E-state index in [1.54, 1.807) is 11.2 Å². The summed E-state index contributed by atoms with van der Waals surface area (Å²) in [6, 6.07) is 0.473. The predicted molar refractivity (Wildman–Crippen MR) is 84.1 cm³/mol. The first-order valence-corrected chi connectivity index (χ1v) is 9.90. The zero-order valence-corrected chi connectivity index (χ0v) is 14.3. The van der Waals surface area contributed by atoms with Gasteiger partial charge >= 0.3 is 0 Å². The van der Waals surface area contributed by atoms with Crippen molar-refractivity contribution >= 4 is 21.4 Å². The molecule has 0 aromatic carbocycles. The maximum Gasteiger partial charge on any atom is 0.254 e. The highest BCUT2D eigenvalue weighted by Crippen LogP contribution is 2.30. The fourth-order valence-corrected chi connectivity index (χ4v) is 5.91. The Bertz CT molecular complexity index is 600. The van der Waals surface area contributed by atoms with Gasteiger partial charge in [-0.2, -0.15) is 4.31 Å². The van der Waals surface area contributed by atoms with E-state index in [0.29, 0.717) is 29.0 Å². The van der Waals surface area contributed by atoms with Crippen LogP contribution in [0.4, 0.5) is 0 Å². The van der Waals surface area contributed by atoms with Crippen molar-refractivity contribution in [1.29, 1.82) is 0 Å². The fourth-order valence-electron chi connectivity index (χ4n) is 2.82. The van der Waals surface area contributed by atoms with E-state index in [9.17, 15) is 8.42 Å². The molecule has 0 radical (unpaired) electrons. The molecule has 1 saturated heterocycles. The van der Waals surface area contributed by atoms with E-state index >= 15 is 0 Å². The summed E-state index contributed by atoms with van der Waals surface area (Å²) in [6.07, 6.45) is 4.51. The third-order valence-corrected chi connectivity index (χ3v) is 7.84. The van der Waals surface area contributed by atoms with Gasteiger partial charge in [-0.15, -0.1) is 11.3 Å². The van der Waals surface area contributed by atoms with E-state index in [2.05, 4.69) is 10.3 Å². The summed E-state index contributed by atoms with van der Waals surface area (Å²) >= 11 is 1.28. The van der Waals surface area contributed by atoms with Crippen LogP contribution in [0.3, 0.4) is 0 Å². The van der Waals surface area contributed by atoms with Crippen LogP contribution in [0.1, 0.15) is 36.4 Å². The molecule has 0 bridgehead atoms. The highest BCUT2D eigenvalue weighted by atomic mass is 32.2. The summed E-state index contributed by atoms with van der Waals surface area (Å²) < 4.78 is 27.4. The average Bonchev–Trinajstić information content (AvgIpc) is 3.21. The second-order valence-electron chi connectivity index (χ2n) is 6.14. The number of aromatic nitrogens is 1. The molecule has 1 N–H and O–H groups in total. The van der Waals surface area contributed by atoms with Crippen LogP contribution in [0.25, 0.3) is 0 Å². The zero-order chi connectivity index (χ0) is 15.0. The highest BCUT2D eigenvalue weighted by Gasteiger charge is 2.32. The minimum atomic E-state index is -3.35. The molecule has 2 aliphatic rings. The van der Waals surface area contributed by atoms with Gasteiger partial charge in [-0.1, -0.05) is 0 Å². The van der Waals surface area contributed by atoms with Crippen molar-refractivity contribution in [2.45, 2.75) is 49.8 Å². The van der Waals surface area contributed by atoms with Crippen molar-refractivity contribution in [2.24, 2.45) is 5.92 Å². The third kappa shape index (κ3) is 3.47. The molecule has 118 valence electrons. The molecule has 1 aromatic heterocycles. The number of nitrogens with zero attached hydrogens (tertiary/aromatic N) is 2. The van der Waals surface area contributed by atoms with Gasteiger partial charge in [-0.05, 0) is 52.0 Å². The standard InChI is InChI=1S/C14H23N3O2S2/c1-10-14(20-11(2)16-10)21(18,19)17-7-5-13(6-8-17)15-9-12-3-4-12/h12-13,15H,3-9H2,1-2H3. The van der Waals surface area contributed by atoms with Crippen LogP contribution in [0.5, 0.6) is 0 Å². The quantitative estimate of drug-likeness (QED) is 0.896. The lowest BCUT2D eigenvalue weighted by molar-refractivity contribution is 0.288. The number of nitrogens with one attached hydrogen (secondary N) is 1. The summed E-state index contributed by atoms with van der Waals surface area (Å²) in [4.78, 5) is 4.24. The maximum atomic E-state index is 12.7. The third-order valence-electron chi connectivity index (χ3n) is 4.28. The van der Waals surface area contributed by atoms with Gasteiger partial charge in [0.05, 0.1) is 10.7 Å². The van der Waals surface area contributed by atoms with Crippen molar-refractivity contribution in [2.75, 3.05) is 19.6 Å². The first-order chi connectivity index (χ1) is 9.96. The molecule has 2 fully saturated rings. The fraction of sp³-hybridized carbons (Fsp3) is 0.786. The van der Waals surface area contributed by atoms with Gasteiger partial charge in [-0.25, -0.2) is 13.4 Å². The number of aryl methyl sites for hydroxylation is 2. The normalized spacial score (nSPS) is 21.8. The van der Waals surface area contributed by atoms with Crippen molar-refractivity contribution in [3.05, 3.63) is 10.7 Å². The summed E-state index contributed by atoms with van der Waals surface area (Å²) in [6.45, 7) is 5.96. The van der Waals surface area contributed by atoms with Gasteiger partial charge in [0.1, 0.15) is 0 Å². The van der Waals surface area contributed by atoms with Crippen LogP contribution >= 0.6 is 11.3 Å². The molecular formula is C14H23N3O2S2. The van der Waals surface area contributed by atoms with Crippen LogP contribution in [0, 0.1) is 19.8 Å². The molecule has 1 aliphatic carbocycles. The molecule has 0 atom stereocenters. The van der Waals surface area contributed by atoms with Gasteiger partial charge in [0, 0.05) is 19.1 Å². The molecule has 1 aromatic rings. The van der Waals surface area contributed by atoms with Crippen LogP contribution < -0.4 is 5.32 Å². The Morgan fingerprint density at radius 3 is 2.43 bits per heavy atom.